The minimum atomic E-state index is -0.994. The van der Waals surface area contributed by atoms with Crippen molar-refractivity contribution in [3.63, 3.8) is 0 Å². The number of benzene rings is 1. The summed E-state index contributed by atoms with van der Waals surface area (Å²) in [7, 11) is 0. The molecule has 0 unspecified atom stereocenters. The molecule has 0 aliphatic heterocycles. The number of hydrogen-bond donors (Lipinski definition) is 1. The second kappa shape index (κ2) is 8.59. The van der Waals surface area contributed by atoms with Gasteiger partial charge in [-0.05, 0) is 18.4 Å². The van der Waals surface area contributed by atoms with Gasteiger partial charge in [-0.1, -0.05) is 38.1 Å². The molecule has 0 fully saturated rings. The summed E-state index contributed by atoms with van der Waals surface area (Å²) in [6.45, 7) is 4.22. The van der Waals surface area contributed by atoms with Crippen molar-refractivity contribution >= 4 is 23.2 Å². The minimum Gasteiger partial charge on any atom is -0.480 e. The molecule has 0 spiro atoms. The molecular weight excluding hydrogens is 324 g/mol. The Morgan fingerprint density at radius 2 is 1.92 bits per heavy atom. The smallest absolute Gasteiger partial charge is 0.323 e. The van der Waals surface area contributed by atoms with Gasteiger partial charge in [-0.15, -0.1) is 11.3 Å². The van der Waals surface area contributed by atoms with Gasteiger partial charge in [0.05, 0.1) is 12.1 Å². The highest BCUT2D eigenvalue weighted by atomic mass is 32.1. The number of nitrogens with zero attached hydrogens (tertiary/aromatic N) is 2. The number of carboxylic acids is 1. The number of carbonyl (C=O) groups is 2. The summed E-state index contributed by atoms with van der Waals surface area (Å²) in [5.41, 5.74) is 2.99. The highest BCUT2D eigenvalue weighted by molar-refractivity contribution is 7.13. The molecule has 1 amide bonds. The van der Waals surface area contributed by atoms with Crippen LogP contribution in [0.1, 0.15) is 31.5 Å². The van der Waals surface area contributed by atoms with Crippen molar-refractivity contribution in [3.05, 3.63) is 40.9 Å². The van der Waals surface area contributed by atoms with Crippen molar-refractivity contribution in [1.82, 2.24) is 9.88 Å². The van der Waals surface area contributed by atoms with E-state index in [4.69, 9.17) is 5.11 Å². The Bertz CT molecular complexity index is 695. The molecule has 0 aliphatic carbocycles. The summed E-state index contributed by atoms with van der Waals surface area (Å²) in [6.07, 6.45) is 1.86. The van der Waals surface area contributed by atoms with Crippen LogP contribution in [-0.2, 0) is 22.4 Å². The summed E-state index contributed by atoms with van der Waals surface area (Å²) >= 11 is 1.50. The van der Waals surface area contributed by atoms with Gasteiger partial charge >= 0.3 is 5.97 Å². The Morgan fingerprint density at radius 1 is 1.21 bits per heavy atom. The zero-order valence-electron chi connectivity index (χ0n) is 14.0. The van der Waals surface area contributed by atoms with E-state index in [0.717, 1.165) is 23.4 Å². The maximum absolute atomic E-state index is 12.3. The van der Waals surface area contributed by atoms with Crippen LogP contribution in [0.5, 0.6) is 0 Å². The van der Waals surface area contributed by atoms with Crippen LogP contribution in [-0.4, -0.2) is 40.0 Å². The van der Waals surface area contributed by atoms with Crippen LogP contribution in [0.3, 0.4) is 0 Å². The van der Waals surface area contributed by atoms with Crippen LogP contribution in [0, 0.1) is 0 Å². The lowest BCUT2D eigenvalue weighted by Crippen LogP contribution is -2.37. The fourth-order valence-corrected chi connectivity index (χ4v) is 3.22. The molecule has 6 heteroatoms. The SMILES string of the molecule is CCCN(CC(=O)O)C(=O)Cc1csc(-c2ccc(CC)cc2)n1. The predicted octanol–water partition coefficient (Wildman–Crippen LogP) is 3.24. The van der Waals surface area contributed by atoms with Crippen LogP contribution in [0.2, 0.25) is 0 Å². The lowest BCUT2D eigenvalue weighted by atomic mass is 10.1. The number of aromatic nitrogens is 1. The highest BCUT2D eigenvalue weighted by Gasteiger charge is 2.17. The monoisotopic (exact) mass is 346 g/mol. The van der Waals surface area contributed by atoms with Gasteiger partial charge < -0.3 is 10.0 Å². The number of carboxylic acid groups (broad SMARTS) is 1. The maximum atomic E-state index is 12.3. The number of carbonyl (C=O) groups excluding carboxylic acids is 1. The van der Waals surface area contributed by atoms with Gasteiger partial charge in [0.2, 0.25) is 5.91 Å². The summed E-state index contributed by atoms with van der Waals surface area (Å²) in [4.78, 5) is 29.1. The van der Waals surface area contributed by atoms with E-state index in [0.29, 0.717) is 12.2 Å². The topological polar surface area (TPSA) is 70.5 Å². The molecule has 5 nitrogen and oxygen atoms in total. The number of aryl methyl sites for hydroxylation is 1. The summed E-state index contributed by atoms with van der Waals surface area (Å²) in [6, 6.07) is 8.24. The first kappa shape index (κ1) is 18.1. The van der Waals surface area contributed by atoms with Crippen molar-refractivity contribution in [2.45, 2.75) is 33.1 Å². The summed E-state index contributed by atoms with van der Waals surface area (Å²) in [5, 5.41) is 11.7. The van der Waals surface area contributed by atoms with Crippen LogP contribution in [0.4, 0.5) is 0 Å². The third-order valence-corrected chi connectivity index (χ3v) is 4.61. The Morgan fingerprint density at radius 3 is 2.50 bits per heavy atom. The van der Waals surface area contributed by atoms with E-state index >= 15 is 0 Å². The Labute approximate surface area is 146 Å². The highest BCUT2D eigenvalue weighted by Crippen LogP contribution is 2.24. The van der Waals surface area contributed by atoms with Crippen LogP contribution >= 0.6 is 11.3 Å². The predicted molar refractivity (Wildman–Crippen MR) is 95.1 cm³/mol. The van der Waals surface area contributed by atoms with Gasteiger partial charge in [-0.25, -0.2) is 4.98 Å². The van der Waals surface area contributed by atoms with Gasteiger partial charge in [-0.3, -0.25) is 9.59 Å². The standard InChI is InChI=1S/C18H22N2O3S/c1-3-9-20(11-17(22)23)16(21)10-15-12-24-18(19-15)14-7-5-13(4-2)6-8-14/h5-8,12H,3-4,9-11H2,1-2H3,(H,22,23). The van der Waals surface area contributed by atoms with E-state index in [1.807, 2.05) is 24.4 Å². The largest absolute Gasteiger partial charge is 0.480 e. The first-order chi connectivity index (χ1) is 11.5. The molecule has 0 bridgehead atoms. The third-order valence-electron chi connectivity index (χ3n) is 3.67. The molecule has 1 heterocycles. The zero-order chi connectivity index (χ0) is 17.5. The Kier molecular flexibility index (Phi) is 6.49. The van der Waals surface area contributed by atoms with Crippen molar-refractivity contribution in [2.24, 2.45) is 0 Å². The van der Waals surface area contributed by atoms with Gasteiger partial charge in [0.1, 0.15) is 11.6 Å². The molecule has 0 saturated heterocycles. The normalized spacial score (nSPS) is 10.6. The third kappa shape index (κ3) is 4.89. The maximum Gasteiger partial charge on any atom is 0.323 e. The number of rotatable bonds is 8. The van der Waals surface area contributed by atoms with E-state index in [1.165, 1.54) is 21.8 Å². The number of thiazole rings is 1. The quantitative estimate of drug-likeness (QED) is 0.796. The van der Waals surface area contributed by atoms with Crippen molar-refractivity contribution in [3.8, 4) is 10.6 Å². The molecule has 0 radical (unpaired) electrons. The van der Waals surface area contributed by atoms with Crippen LogP contribution in [0.15, 0.2) is 29.6 Å². The molecule has 1 N–H and O–H groups in total. The Hall–Kier alpha value is -2.21. The first-order valence-corrected chi connectivity index (χ1v) is 8.94. The molecule has 0 aliphatic rings. The Balaban J connectivity index is 2.06. The first-order valence-electron chi connectivity index (χ1n) is 8.06. The lowest BCUT2D eigenvalue weighted by Gasteiger charge is -2.19. The van der Waals surface area contributed by atoms with Crippen LogP contribution < -0.4 is 0 Å². The van der Waals surface area contributed by atoms with Crippen molar-refractivity contribution in [2.75, 3.05) is 13.1 Å². The van der Waals surface area contributed by atoms with Gasteiger partial charge in [-0.2, -0.15) is 0 Å². The molecule has 1 aromatic heterocycles. The molecule has 0 saturated carbocycles. The fourth-order valence-electron chi connectivity index (χ4n) is 2.40. The second-order valence-electron chi connectivity index (χ2n) is 5.58. The molecule has 0 atom stereocenters. The second-order valence-corrected chi connectivity index (χ2v) is 6.44. The van der Waals surface area contributed by atoms with E-state index in [-0.39, 0.29) is 18.9 Å². The number of hydrogen-bond acceptors (Lipinski definition) is 4. The minimum absolute atomic E-state index is 0.136. The fraction of sp³-hybridized carbons (Fsp3) is 0.389. The van der Waals surface area contributed by atoms with E-state index in [9.17, 15) is 9.59 Å². The van der Waals surface area contributed by atoms with E-state index < -0.39 is 5.97 Å². The molecule has 128 valence electrons. The molecule has 24 heavy (non-hydrogen) atoms. The molecular formula is C18H22N2O3S. The zero-order valence-corrected chi connectivity index (χ0v) is 14.8. The number of aliphatic carboxylic acids is 1. The van der Waals surface area contributed by atoms with Crippen molar-refractivity contribution < 1.29 is 14.7 Å². The molecule has 2 aromatic rings. The lowest BCUT2D eigenvalue weighted by molar-refractivity contribution is -0.144. The molecule has 1 aromatic carbocycles. The molecule has 2 rings (SSSR count). The van der Waals surface area contributed by atoms with Gasteiger partial charge in [0.25, 0.3) is 0 Å². The van der Waals surface area contributed by atoms with E-state index in [1.54, 1.807) is 0 Å². The van der Waals surface area contributed by atoms with Crippen LogP contribution in [0.25, 0.3) is 10.6 Å². The van der Waals surface area contributed by atoms with Crippen molar-refractivity contribution in [1.29, 1.82) is 0 Å². The average Bonchev–Trinajstić information content (AvgIpc) is 3.02. The summed E-state index contributed by atoms with van der Waals surface area (Å²) < 4.78 is 0. The van der Waals surface area contributed by atoms with Gasteiger partial charge in [0, 0.05) is 17.5 Å². The average molecular weight is 346 g/mol. The number of amides is 1. The summed E-state index contributed by atoms with van der Waals surface area (Å²) in [5.74, 6) is -1.19. The van der Waals surface area contributed by atoms with E-state index in [2.05, 4.69) is 24.0 Å². The van der Waals surface area contributed by atoms with Gasteiger partial charge in [0.15, 0.2) is 0 Å².